The quantitative estimate of drug-likeness (QED) is 0.402. The van der Waals surface area contributed by atoms with Crippen molar-refractivity contribution >= 4 is 17.7 Å². The predicted molar refractivity (Wildman–Crippen MR) is 123 cm³/mol. The summed E-state index contributed by atoms with van der Waals surface area (Å²) in [6, 6.07) is 11.6. The number of hydrogen-bond acceptors (Lipinski definition) is 8. The fourth-order valence-corrected chi connectivity index (χ4v) is 4.83. The summed E-state index contributed by atoms with van der Waals surface area (Å²) < 4.78 is 31.2. The molecule has 5 rings (SSSR count). The molecule has 1 saturated heterocycles. The summed E-state index contributed by atoms with van der Waals surface area (Å²) in [7, 11) is 0. The van der Waals surface area contributed by atoms with Gasteiger partial charge in [0.05, 0.1) is 11.8 Å². The monoisotopic (exact) mass is 485 g/mol. The fraction of sp³-hybridized carbons (Fsp3) is 0.348. The van der Waals surface area contributed by atoms with Gasteiger partial charge in [-0.1, -0.05) is 17.8 Å². The summed E-state index contributed by atoms with van der Waals surface area (Å²) in [6.45, 7) is 1.84. The molecule has 0 radical (unpaired) electrons. The Hall–Kier alpha value is -3.47. The van der Waals surface area contributed by atoms with Crippen LogP contribution in [-0.4, -0.2) is 51.2 Å². The molecule has 1 aromatic heterocycles. The van der Waals surface area contributed by atoms with E-state index in [-0.39, 0.29) is 30.1 Å². The molecule has 0 aliphatic carbocycles. The summed E-state index contributed by atoms with van der Waals surface area (Å²) >= 11 is 1.23. The first-order valence-electron chi connectivity index (χ1n) is 11.0. The molecule has 3 heterocycles. The van der Waals surface area contributed by atoms with Gasteiger partial charge in [-0.05, 0) is 54.8 Å². The Labute approximate surface area is 200 Å². The van der Waals surface area contributed by atoms with E-state index in [0.29, 0.717) is 36.5 Å². The third-order valence-electron chi connectivity index (χ3n) is 5.77. The van der Waals surface area contributed by atoms with E-state index in [1.165, 1.54) is 40.7 Å². The number of likely N-dealkylation sites (tertiary alicyclic amines) is 1. The topological polar surface area (TPSA) is 105 Å². The molecule has 3 aromatic rings. The molecular formula is C23H24FN5O4S. The van der Waals surface area contributed by atoms with Crippen LogP contribution in [0.1, 0.15) is 30.3 Å². The van der Waals surface area contributed by atoms with Crippen molar-refractivity contribution in [1.29, 1.82) is 0 Å². The number of benzene rings is 2. The number of rotatable bonds is 7. The first-order chi connectivity index (χ1) is 16.6. The number of aromatic nitrogens is 3. The Bertz CT molecular complexity index is 1170. The Morgan fingerprint density at radius 3 is 2.76 bits per heavy atom. The molecule has 11 heteroatoms. The van der Waals surface area contributed by atoms with Gasteiger partial charge in [0, 0.05) is 6.54 Å². The van der Waals surface area contributed by atoms with Crippen LogP contribution in [0.15, 0.2) is 47.6 Å². The van der Waals surface area contributed by atoms with Crippen molar-refractivity contribution in [2.45, 2.75) is 30.6 Å². The molecule has 1 atom stereocenters. The van der Waals surface area contributed by atoms with Crippen LogP contribution in [0.3, 0.4) is 0 Å². The van der Waals surface area contributed by atoms with Gasteiger partial charge in [-0.15, -0.1) is 10.2 Å². The number of nitrogen functional groups attached to an aromatic ring is 1. The van der Waals surface area contributed by atoms with Gasteiger partial charge in [0.1, 0.15) is 31.4 Å². The molecule has 34 heavy (non-hydrogen) atoms. The number of hydrogen-bond donors (Lipinski definition) is 1. The van der Waals surface area contributed by atoms with Gasteiger partial charge >= 0.3 is 0 Å². The van der Waals surface area contributed by atoms with Gasteiger partial charge in [-0.3, -0.25) is 4.79 Å². The molecule has 0 saturated carbocycles. The molecule has 2 aromatic carbocycles. The molecule has 178 valence electrons. The van der Waals surface area contributed by atoms with Crippen molar-refractivity contribution in [2.24, 2.45) is 0 Å². The maximum Gasteiger partial charge on any atom is 0.233 e. The number of fused-ring (bicyclic) bond motifs is 1. The predicted octanol–water partition coefficient (Wildman–Crippen LogP) is 2.94. The Morgan fingerprint density at radius 2 is 1.94 bits per heavy atom. The standard InChI is InChI=1S/C23H24FN5O4S/c24-16-4-6-17(7-5-16)33-13-21-26-27-23(29(21)25)34-14-22(30)28-9-1-2-18(28)15-3-8-19-20(12-15)32-11-10-31-19/h3-8,12,18H,1-2,9-11,13-14,25H2. The lowest BCUT2D eigenvalue weighted by molar-refractivity contribution is -0.129. The fourth-order valence-electron chi connectivity index (χ4n) is 4.07. The Kier molecular flexibility index (Phi) is 6.43. The number of carbonyl (C=O) groups excluding carboxylic acids is 1. The summed E-state index contributed by atoms with van der Waals surface area (Å²) in [4.78, 5) is 14.9. The molecule has 2 N–H and O–H groups in total. The van der Waals surface area contributed by atoms with E-state index in [4.69, 9.17) is 20.1 Å². The molecule has 1 fully saturated rings. The average molecular weight is 486 g/mol. The van der Waals surface area contributed by atoms with E-state index in [1.54, 1.807) is 0 Å². The zero-order valence-electron chi connectivity index (χ0n) is 18.4. The summed E-state index contributed by atoms with van der Waals surface area (Å²) in [5, 5.41) is 8.54. The molecule has 1 unspecified atom stereocenters. The van der Waals surface area contributed by atoms with Crippen LogP contribution in [0.5, 0.6) is 17.2 Å². The van der Waals surface area contributed by atoms with Gasteiger partial charge in [0.15, 0.2) is 17.3 Å². The Balaban J connectivity index is 1.19. The van der Waals surface area contributed by atoms with Crippen molar-refractivity contribution in [3.63, 3.8) is 0 Å². The zero-order valence-corrected chi connectivity index (χ0v) is 19.2. The lowest BCUT2D eigenvalue weighted by Gasteiger charge is -2.26. The minimum Gasteiger partial charge on any atom is -0.486 e. The third kappa shape index (κ3) is 4.74. The highest BCUT2D eigenvalue weighted by atomic mass is 32.2. The number of amides is 1. The van der Waals surface area contributed by atoms with Crippen molar-refractivity contribution in [3.8, 4) is 17.2 Å². The van der Waals surface area contributed by atoms with E-state index < -0.39 is 0 Å². The summed E-state index contributed by atoms with van der Waals surface area (Å²) in [5.74, 6) is 8.31. The molecule has 2 aliphatic heterocycles. The lowest BCUT2D eigenvalue weighted by atomic mass is 10.0. The second kappa shape index (κ2) is 9.80. The van der Waals surface area contributed by atoms with Gasteiger partial charge in [0.2, 0.25) is 11.1 Å². The van der Waals surface area contributed by atoms with Gasteiger partial charge in [0.25, 0.3) is 0 Å². The van der Waals surface area contributed by atoms with Crippen molar-refractivity contribution in [3.05, 3.63) is 59.7 Å². The number of nitrogens with two attached hydrogens (primary N) is 1. The second-order valence-corrected chi connectivity index (χ2v) is 8.89. The summed E-state index contributed by atoms with van der Waals surface area (Å²) in [6.07, 6.45) is 1.83. The van der Waals surface area contributed by atoms with E-state index >= 15 is 0 Å². The van der Waals surface area contributed by atoms with Gasteiger partial charge < -0.3 is 25.0 Å². The SMILES string of the molecule is Nn1c(COc2ccc(F)cc2)nnc1SCC(=O)N1CCCC1c1ccc2c(c1)OCCO2. The number of thioether (sulfide) groups is 1. The number of carbonyl (C=O) groups is 1. The highest BCUT2D eigenvalue weighted by Gasteiger charge is 2.31. The number of ether oxygens (including phenoxy) is 3. The van der Waals surface area contributed by atoms with E-state index in [9.17, 15) is 9.18 Å². The smallest absolute Gasteiger partial charge is 0.233 e. The minimum atomic E-state index is -0.341. The highest BCUT2D eigenvalue weighted by molar-refractivity contribution is 7.99. The molecule has 2 aliphatic rings. The molecule has 9 nitrogen and oxygen atoms in total. The first-order valence-corrected chi connectivity index (χ1v) is 12.0. The largest absolute Gasteiger partial charge is 0.486 e. The number of nitrogens with zero attached hydrogens (tertiary/aromatic N) is 4. The highest BCUT2D eigenvalue weighted by Crippen LogP contribution is 2.38. The summed E-state index contributed by atoms with van der Waals surface area (Å²) in [5.41, 5.74) is 1.04. The van der Waals surface area contributed by atoms with Crippen molar-refractivity contribution in [2.75, 3.05) is 31.4 Å². The second-order valence-electron chi connectivity index (χ2n) is 7.95. The van der Waals surface area contributed by atoms with Gasteiger partial charge in [-0.2, -0.15) is 0 Å². The average Bonchev–Trinajstić information content (AvgIpc) is 3.49. The minimum absolute atomic E-state index is 0.000608. The van der Waals surface area contributed by atoms with Crippen molar-refractivity contribution in [1.82, 2.24) is 19.8 Å². The molecule has 1 amide bonds. The lowest BCUT2D eigenvalue weighted by Crippen LogP contribution is -2.32. The maximum absolute atomic E-state index is 13.0. The molecule has 0 bridgehead atoms. The molecule has 0 spiro atoms. The number of halogens is 1. The van der Waals surface area contributed by atoms with Crippen LogP contribution in [0.4, 0.5) is 4.39 Å². The van der Waals surface area contributed by atoms with Crippen LogP contribution in [0.2, 0.25) is 0 Å². The first kappa shape index (κ1) is 22.3. The van der Waals surface area contributed by atoms with Crippen LogP contribution in [-0.2, 0) is 11.4 Å². The maximum atomic E-state index is 13.0. The zero-order chi connectivity index (χ0) is 23.5. The van der Waals surface area contributed by atoms with E-state index in [1.807, 2.05) is 23.1 Å². The van der Waals surface area contributed by atoms with Crippen LogP contribution < -0.4 is 20.1 Å². The van der Waals surface area contributed by atoms with Crippen LogP contribution in [0, 0.1) is 5.82 Å². The van der Waals surface area contributed by atoms with E-state index in [0.717, 1.165) is 29.9 Å². The van der Waals surface area contributed by atoms with Crippen LogP contribution in [0.25, 0.3) is 0 Å². The van der Waals surface area contributed by atoms with E-state index in [2.05, 4.69) is 10.2 Å². The van der Waals surface area contributed by atoms with Crippen molar-refractivity contribution < 1.29 is 23.4 Å². The molecular weight excluding hydrogens is 461 g/mol. The van der Waals surface area contributed by atoms with Gasteiger partial charge in [-0.25, -0.2) is 9.07 Å². The normalized spacial score (nSPS) is 17.1. The third-order valence-corrected chi connectivity index (χ3v) is 6.69. The Morgan fingerprint density at radius 1 is 1.15 bits per heavy atom. The van der Waals surface area contributed by atoms with Crippen LogP contribution >= 0.6 is 11.8 Å².